The molecule has 120 valence electrons. The number of nitrogens with one attached hydrogen (secondary N) is 1. The lowest BCUT2D eigenvalue weighted by atomic mass is 10.1. The number of aryl methyl sites for hydroxylation is 1. The maximum absolute atomic E-state index is 12.1. The van der Waals surface area contributed by atoms with Crippen LogP contribution in [-0.4, -0.2) is 25.2 Å². The summed E-state index contributed by atoms with van der Waals surface area (Å²) in [4.78, 5) is 12.1. The van der Waals surface area contributed by atoms with Gasteiger partial charge in [0, 0.05) is 11.6 Å². The molecular weight excluding hydrogens is 314 g/mol. The zero-order valence-electron chi connectivity index (χ0n) is 12.6. The number of carbonyl (C=O) groups excluding carboxylic acids is 1. The first-order chi connectivity index (χ1) is 11.2. The maximum atomic E-state index is 12.1. The molecule has 3 rings (SSSR count). The fraction of sp³-hybridized carbons (Fsp3) is 0.278. The van der Waals surface area contributed by atoms with Gasteiger partial charge in [-0.1, -0.05) is 35.9 Å². The number of ether oxygens (including phenoxy) is 2. The first-order valence-electron chi connectivity index (χ1n) is 7.63. The largest absolute Gasteiger partial charge is 0.485 e. The first-order valence-corrected chi connectivity index (χ1v) is 8.01. The number of rotatable bonds is 5. The molecule has 0 saturated carbocycles. The van der Waals surface area contributed by atoms with E-state index < -0.39 is 6.10 Å². The van der Waals surface area contributed by atoms with Gasteiger partial charge in [-0.3, -0.25) is 4.79 Å². The summed E-state index contributed by atoms with van der Waals surface area (Å²) in [5.74, 6) is 1.15. The summed E-state index contributed by atoms with van der Waals surface area (Å²) in [6.45, 7) is 0.836. The van der Waals surface area contributed by atoms with Crippen LogP contribution in [0, 0.1) is 0 Å². The molecule has 0 aromatic heterocycles. The zero-order valence-corrected chi connectivity index (χ0v) is 13.4. The number of fused-ring (bicyclic) bond motifs is 1. The molecule has 0 aliphatic carbocycles. The molecule has 0 unspecified atom stereocenters. The minimum absolute atomic E-state index is 0.143. The predicted molar refractivity (Wildman–Crippen MR) is 89.1 cm³/mol. The summed E-state index contributed by atoms with van der Waals surface area (Å²) in [6.07, 6.45) is 1.15. The van der Waals surface area contributed by atoms with E-state index in [1.54, 1.807) is 6.07 Å². The van der Waals surface area contributed by atoms with Gasteiger partial charge in [-0.05, 0) is 42.7 Å². The monoisotopic (exact) mass is 331 g/mol. The van der Waals surface area contributed by atoms with E-state index in [9.17, 15) is 4.79 Å². The van der Waals surface area contributed by atoms with E-state index in [-0.39, 0.29) is 12.5 Å². The number of halogens is 1. The van der Waals surface area contributed by atoms with Crippen molar-refractivity contribution in [2.24, 2.45) is 0 Å². The third-order valence-corrected chi connectivity index (χ3v) is 3.91. The topological polar surface area (TPSA) is 47.6 Å². The number of carbonyl (C=O) groups is 1. The molecule has 1 aliphatic rings. The van der Waals surface area contributed by atoms with Crippen molar-refractivity contribution in [2.45, 2.75) is 18.9 Å². The molecule has 1 heterocycles. The van der Waals surface area contributed by atoms with Gasteiger partial charge in [0.2, 0.25) is 6.10 Å². The van der Waals surface area contributed by atoms with Gasteiger partial charge in [0.15, 0.2) is 11.5 Å². The fourth-order valence-electron chi connectivity index (χ4n) is 2.42. The van der Waals surface area contributed by atoms with Crippen LogP contribution in [0.5, 0.6) is 11.5 Å². The molecule has 1 amide bonds. The average molecular weight is 332 g/mol. The lowest BCUT2D eigenvalue weighted by molar-refractivity contribution is -0.130. The highest BCUT2D eigenvalue weighted by Crippen LogP contribution is 2.30. The quantitative estimate of drug-likeness (QED) is 0.856. The van der Waals surface area contributed by atoms with Gasteiger partial charge in [0.25, 0.3) is 5.91 Å². The maximum Gasteiger partial charge on any atom is 0.264 e. The van der Waals surface area contributed by atoms with Crippen LogP contribution in [0.1, 0.15) is 12.0 Å². The normalized spacial score (nSPS) is 16.0. The number of para-hydroxylation sites is 2. The number of hydrogen-bond donors (Lipinski definition) is 1. The van der Waals surface area contributed by atoms with Gasteiger partial charge in [-0.2, -0.15) is 0 Å². The molecular formula is C18H18ClNO3. The summed E-state index contributed by atoms with van der Waals surface area (Å²) in [7, 11) is 0. The van der Waals surface area contributed by atoms with Crippen LogP contribution in [0.15, 0.2) is 48.5 Å². The van der Waals surface area contributed by atoms with Crippen LogP contribution in [0.25, 0.3) is 0 Å². The second-order valence-electron chi connectivity index (χ2n) is 5.39. The minimum Gasteiger partial charge on any atom is -0.485 e. The first kappa shape index (κ1) is 15.7. The van der Waals surface area contributed by atoms with Gasteiger partial charge in [-0.25, -0.2) is 0 Å². The molecule has 2 aromatic carbocycles. The number of hydrogen-bond acceptors (Lipinski definition) is 3. The van der Waals surface area contributed by atoms with Crippen molar-refractivity contribution in [1.82, 2.24) is 5.32 Å². The summed E-state index contributed by atoms with van der Waals surface area (Å²) < 4.78 is 11.2. The summed E-state index contributed by atoms with van der Waals surface area (Å²) in [5, 5.41) is 3.63. The summed E-state index contributed by atoms with van der Waals surface area (Å²) in [6, 6.07) is 15.1. The van der Waals surface area contributed by atoms with Crippen LogP contribution < -0.4 is 14.8 Å². The standard InChI is InChI=1S/C18H18ClNO3/c19-14-9-7-13(8-10-14)4-3-11-20-18(21)17-12-22-15-5-1-2-6-16(15)23-17/h1-2,5-10,17H,3-4,11-12H2,(H,20,21)/t17-/m0/s1. The summed E-state index contributed by atoms with van der Waals surface area (Å²) >= 11 is 5.85. The van der Waals surface area contributed by atoms with Crippen molar-refractivity contribution in [1.29, 1.82) is 0 Å². The Hall–Kier alpha value is -2.20. The molecule has 5 heteroatoms. The molecule has 0 fully saturated rings. The molecule has 1 atom stereocenters. The second-order valence-corrected chi connectivity index (χ2v) is 5.82. The Kier molecular flexibility index (Phi) is 5.03. The van der Waals surface area contributed by atoms with Gasteiger partial charge in [0.1, 0.15) is 6.61 Å². The van der Waals surface area contributed by atoms with E-state index in [1.165, 1.54) is 5.56 Å². The van der Waals surface area contributed by atoms with Gasteiger partial charge in [-0.15, -0.1) is 0 Å². The van der Waals surface area contributed by atoms with E-state index >= 15 is 0 Å². The van der Waals surface area contributed by atoms with Gasteiger partial charge >= 0.3 is 0 Å². The highest BCUT2D eigenvalue weighted by molar-refractivity contribution is 6.30. The third kappa shape index (κ3) is 4.17. The van der Waals surface area contributed by atoms with Crippen LogP contribution in [0.4, 0.5) is 0 Å². The average Bonchev–Trinajstić information content (AvgIpc) is 2.59. The van der Waals surface area contributed by atoms with Crippen LogP contribution in [0.2, 0.25) is 5.02 Å². The van der Waals surface area contributed by atoms with E-state index in [0.717, 1.165) is 17.9 Å². The Labute approximate surface area is 140 Å². The summed E-state index contributed by atoms with van der Waals surface area (Å²) in [5.41, 5.74) is 1.20. The van der Waals surface area contributed by atoms with Crippen LogP contribution in [-0.2, 0) is 11.2 Å². The van der Waals surface area contributed by atoms with Crippen LogP contribution >= 0.6 is 11.6 Å². The molecule has 1 aliphatic heterocycles. The highest BCUT2D eigenvalue weighted by Gasteiger charge is 2.26. The van der Waals surface area contributed by atoms with Gasteiger partial charge in [0.05, 0.1) is 0 Å². The van der Waals surface area contributed by atoms with E-state index in [4.69, 9.17) is 21.1 Å². The Morgan fingerprint density at radius 2 is 1.87 bits per heavy atom. The molecule has 1 N–H and O–H groups in total. The lowest BCUT2D eigenvalue weighted by Crippen LogP contribution is -2.44. The van der Waals surface area contributed by atoms with Crippen molar-refractivity contribution < 1.29 is 14.3 Å². The van der Waals surface area contributed by atoms with Crippen molar-refractivity contribution >= 4 is 17.5 Å². The third-order valence-electron chi connectivity index (χ3n) is 3.66. The highest BCUT2D eigenvalue weighted by atomic mass is 35.5. The zero-order chi connectivity index (χ0) is 16.1. The molecule has 2 aromatic rings. The van der Waals surface area contributed by atoms with Crippen molar-refractivity contribution in [3.63, 3.8) is 0 Å². The Morgan fingerprint density at radius 3 is 2.65 bits per heavy atom. The lowest BCUT2D eigenvalue weighted by Gasteiger charge is -2.25. The smallest absolute Gasteiger partial charge is 0.264 e. The molecule has 0 spiro atoms. The number of benzene rings is 2. The number of amides is 1. The van der Waals surface area contributed by atoms with Crippen molar-refractivity contribution in [3.05, 3.63) is 59.1 Å². The van der Waals surface area contributed by atoms with E-state index in [0.29, 0.717) is 18.0 Å². The SMILES string of the molecule is O=C(NCCCc1ccc(Cl)cc1)[C@@H]1COc2ccccc2O1. The van der Waals surface area contributed by atoms with Crippen molar-refractivity contribution in [3.8, 4) is 11.5 Å². The molecule has 0 bridgehead atoms. The molecule has 23 heavy (non-hydrogen) atoms. The van der Waals surface area contributed by atoms with E-state index in [2.05, 4.69) is 5.32 Å². The Bertz CT molecular complexity index is 672. The van der Waals surface area contributed by atoms with Crippen molar-refractivity contribution in [2.75, 3.05) is 13.2 Å². The Balaban J connectivity index is 1.42. The second kappa shape index (κ2) is 7.38. The predicted octanol–water partition coefficient (Wildman–Crippen LogP) is 3.23. The molecule has 0 saturated heterocycles. The Morgan fingerprint density at radius 1 is 1.13 bits per heavy atom. The molecule has 4 nitrogen and oxygen atoms in total. The fourth-order valence-corrected chi connectivity index (χ4v) is 2.54. The van der Waals surface area contributed by atoms with E-state index in [1.807, 2.05) is 42.5 Å². The minimum atomic E-state index is -0.597. The van der Waals surface area contributed by atoms with Gasteiger partial charge < -0.3 is 14.8 Å². The van der Waals surface area contributed by atoms with Crippen LogP contribution in [0.3, 0.4) is 0 Å². The molecule has 0 radical (unpaired) electrons.